The Morgan fingerprint density at radius 3 is 2.68 bits per heavy atom. The van der Waals surface area contributed by atoms with Gasteiger partial charge in [0.1, 0.15) is 5.82 Å². The number of nitrogens with zero attached hydrogens (tertiary/aromatic N) is 1. The molecular weight excluding hydrogens is 287 g/mol. The number of benzene rings is 1. The molecule has 3 rings (SSSR count). The van der Waals surface area contributed by atoms with E-state index >= 15 is 0 Å². The fourth-order valence-corrected chi connectivity index (χ4v) is 3.32. The number of fused-ring (bicyclic) bond motifs is 1. The molecule has 1 fully saturated rings. The molecule has 0 saturated heterocycles. The highest BCUT2D eigenvalue weighted by atomic mass is 35.5. The van der Waals surface area contributed by atoms with E-state index in [4.69, 9.17) is 23.8 Å². The Labute approximate surface area is 120 Å². The van der Waals surface area contributed by atoms with Crippen molar-refractivity contribution in [3.63, 3.8) is 0 Å². The Hall–Kier alpha value is -0.910. The fourth-order valence-electron chi connectivity index (χ4n) is 2.80. The van der Waals surface area contributed by atoms with Crippen molar-refractivity contribution in [1.82, 2.24) is 9.55 Å². The molecule has 1 saturated carbocycles. The molecule has 0 spiro atoms. The summed E-state index contributed by atoms with van der Waals surface area (Å²) in [6.45, 7) is 0. The number of halogens is 2. The van der Waals surface area contributed by atoms with Crippen LogP contribution >= 0.6 is 23.8 Å². The van der Waals surface area contributed by atoms with Gasteiger partial charge in [0.25, 0.3) is 0 Å². The van der Waals surface area contributed by atoms with E-state index in [1.165, 1.54) is 6.07 Å². The van der Waals surface area contributed by atoms with Gasteiger partial charge in [-0.2, -0.15) is 0 Å². The normalized spacial score (nSPS) is 23.9. The van der Waals surface area contributed by atoms with Crippen LogP contribution in [0.3, 0.4) is 0 Å². The molecule has 0 aliphatic heterocycles. The van der Waals surface area contributed by atoms with E-state index < -0.39 is 5.82 Å². The zero-order valence-corrected chi connectivity index (χ0v) is 11.8. The van der Waals surface area contributed by atoms with Gasteiger partial charge in [0.2, 0.25) is 0 Å². The summed E-state index contributed by atoms with van der Waals surface area (Å²) in [4.78, 5) is 3.07. The zero-order chi connectivity index (χ0) is 13.6. The molecule has 1 aromatic carbocycles. The summed E-state index contributed by atoms with van der Waals surface area (Å²) in [5, 5.41) is 9.66. The predicted octanol–water partition coefficient (Wildman–Crippen LogP) is 3.97. The van der Waals surface area contributed by atoms with Crippen LogP contribution in [-0.2, 0) is 0 Å². The average Bonchev–Trinajstić information content (AvgIpc) is 2.67. The number of rotatable bonds is 1. The topological polar surface area (TPSA) is 41.0 Å². The number of aliphatic hydroxyl groups is 1. The largest absolute Gasteiger partial charge is 0.393 e. The Balaban J connectivity index is 2.10. The fraction of sp³-hybridized carbons (Fsp3) is 0.462. The molecular formula is C13H14ClFN2OS. The standard InChI is InChI=1S/C13H14ClFN2OS/c14-9-5-11-12(6-10(9)15)17(13(19)16-11)7-1-3-8(18)4-2-7/h5-8,18H,1-4H2,(H,16,19). The van der Waals surface area contributed by atoms with E-state index in [1.807, 2.05) is 4.57 Å². The second kappa shape index (κ2) is 4.89. The molecule has 102 valence electrons. The number of nitrogens with one attached hydrogen (secondary N) is 1. The first-order valence-electron chi connectivity index (χ1n) is 6.33. The van der Waals surface area contributed by atoms with Crippen LogP contribution in [-0.4, -0.2) is 20.8 Å². The number of hydrogen-bond donors (Lipinski definition) is 2. The average molecular weight is 301 g/mol. The number of imidazole rings is 1. The van der Waals surface area contributed by atoms with Crippen LogP contribution in [0.2, 0.25) is 5.02 Å². The van der Waals surface area contributed by atoms with Crippen molar-refractivity contribution >= 4 is 34.9 Å². The maximum Gasteiger partial charge on any atom is 0.178 e. The number of aromatic nitrogens is 2. The third-order valence-corrected chi connectivity index (χ3v) is 4.38. The number of aromatic amines is 1. The van der Waals surface area contributed by atoms with E-state index in [1.54, 1.807) is 6.07 Å². The molecule has 0 amide bonds. The maximum absolute atomic E-state index is 13.6. The van der Waals surface area contributed by atoms with Gasteiger partial charge in [-0.05, 0) is 44.0 Å². The molecule has 0 unspecified atom stereocenters. The van der Waals surface area contributed by atoms with Crippen molar-refractivity contribution in [2.24, 2.45) is 0 Å². The highest BCUT2D eigenvalue weighted by Gasteiger charge is 2.23. The molecule has 6 heteroatoms. The van der Waals surface area contributed by atoms with Gasteiger partial charge in [-0.25, -0.2) is 4.39 Å². The Kier molecular flexibility index (Phi) is 3.37. The first-order chi connectivity index (χ1) is 9.06. The highest BCUT2D eigenvalue weighted by Crippen LogP contribution is 2.33. The summed E-state index contributed by atoms with van der Waals surface area (Å²) in [6, 6.07) is 3.20. The molecule has 1 aliphatic carbocycles. The third-order valence-electron chi connectivity index (χ3n) is 3.79. The summed E-state index contributed by atoms with van der Waals surface area (Å²) in [5.74, 6) is -0.437. The molecule has 19 heavy (non-hydrogen) atoms. The first-order valence-corrected chi connectivity index (χ1v) is 7.12. The number of aliphatic hydroxyl groups excluding tert-OH is 1. The minimum atomic E-state index is -0.437. The van der Waals surface area contributed by atoms with Gasteiger partial charge in [-0.1, -0.05) is 11.6 Å². The molecule has 1 aromatic heterocycles. The van der Waals surface area contributed by atoms with E-state index in [9.17, 15) is 9.50 Å². The summed E-state index contributed by atoms with van der Waals surface area (Å²) in [7, 11) is 0. The van der Waals surface area contributed by atoms with Crippen molar-refractivity contribution in [3.8, 4) is 0 Å². The quantitative estimate of drug-likeness (QED) is 0.783. The maximum atomic E-state index is 13.6. The van der Waals surface area contributed by atoms with Gasteiger partial charge >= 0.3 is 0 Å². The molecule has 0 bridgehead atoms. The SMILES string of the molecule is OC1CCC(n2c(=S)[nH]c3cc(Cl)c(F)cc32)CC1. The van der Waals surface area contributed by atoms with Crippen LogP contribution < -0.4 is 0 Å². The van der Waals surface area contributed by atoms with Crippen molar-refractivity contribution in [2.75, 3.05) is 0 Å². The van der Waals surface area contributed by atoms with Crippen LogP contribution in [0.4, 0.5) is 4.39 Å². The lowest BCUT2D eigenvalue weighted by atomic mass is 9.93. The van der Waals surface area contributed by atoms with Gasteiger partial charge in [0.15, 0.2) is 4.77 Å². The Bertz CT molecular complexity index is 673. The second-order valence-electron chi connectivity index (χ2n) is 5.05. The minimum absolute atomic E-state index is 0.0926. The third kappa shape index (κ3) is 2.30. The molecule has 1 aliphatic rings. The molecule has 3 nitrogen and oxygen atoms in total. The van der Waals surface area contributed by atoms with Gasteiger partial charge in [-0.3, -0.25) is 0 Å². The van der Waals surface area contributed by atoms with Crippen LogP contribution in [0.15, 0.2) is 12.1 Å². The van der Waals surface area contributed by atoms with Crippen molar-refractivity contribution in [3.05, 3.63) is 27.7 Å². The highest BCUT2D eigenvalue weighted by molar-refractivity contribution is 7.71. The zero-order valence-electron chi connectivity index (χ0n) is 10.2. The van der Waals surface area contributed by atoms with Crippen LogP contribution in [0.25, 0.3) is 11.0 Å². The second-order valence-corrected chi connectivity index (χ2v) is 5.84. The van der Waals surface area contributed by atoms with Crippen molar-refractivity contribution in [1.29, 1.82) is 0 Å². The number of hydrogen-bond acceptors (Lipinski definition) is 2. The van der Waals surface area contributed by atoms with Crippen molar-refractivity contribution in [2.45, 2.75) is 37.8 Å². The lowest BCUT2D eigenvalue weighted by Gasteiger charge is -2.27. The molecule has 2 N–H and O–H groups in total. The lowest BCUT2D eigenvalue weighted by Crippen LogP contribution is -2.21. The van der Waals surface area contributed by atoms with Crippen LogP contribution in [0.5, 0.6) is 0 Å². The van der Waals surface area contributed by atoms with Gasteiger partial charge in [0, 0.05) is 12.1 Å². The summed E-state index contributed by atoms with van der Waals surface area (Å²) >= 11 is 11.1. The van der Waals surface area contributed by atoms with E-state index in [2.05, 4.69) is 4.98 Å². The Morgan fingerprint density at radius 2 is 2.00 bits per heavy atom. The van der Waals surface area contributed by atoms with E-state index in [0.717, 1.165) is 36.7 Å². The Morgan fingerprint density at radius 1 is 1.32 bits per heavy atom. The summed E-state index contributed by atoms with van der Waals surface area (Å²) in [5.41, 5.74) is 1.50. The van der Waals surface area contributed by atoms with E-state index in [-0.39, 0.29) is 17.2 Å². The summed E-state index contributed by atoms with van der Waals surface area (Å²) in [6.07, 6.45) is 3.01. The monoisotopic (exact) mass is 300 g/mol. The van der Waals surface area contributed by atoms with E-state index in [0.29, 0.717) is 4.77 Å². The number of H-pyrrole nitrogens is 1. The van der Waals surface area contributed by atoms with Crippen LogP contribution in [0.1, 0.15) is 31.7 Å². The van der Waals surface area contributed by atoms with Crippen LogP contribution in [0, 0.1) is 10.6 Å². The lowest BCUT2D eigenvalue weighted by molar-refractivity contribution is 0.111. The molecule has 1 heterocycles. The minimum Gasteiger partial charge on any atom is -0.393 e. The molecule has 0 radical (unpaired) electrons. The van der Waals surface area contributed by atoms with Gasteiger partial charge in [-0.15, -0.1) is 0 Å². The predicted molar refractivity (Wildman–Crippen MR) is 75.6 cm³/mol. The smallest absolute Gasteiger partial charge is 0.178 e. The molecule has 0 atom stereocenters. The van der Waals surface area contributed by atoms with Gasteiger partial charge < -0.3 is 14.7 Å². The van der Waals surface area contributed by atoms with Gasteiger partial charge in [0.05, 0.1) is 22.2 Å². The summed E-state index contributed by atoms with van der Waals surface area (Å²) < 4.78 is 16.2. The van der Waals surface area contributed by atoms with Crippen molar-refractivity contribution < 1.29 is 9.50 Å². The molecule has 2 aromatic rings. The first kappa shape index (κ1) is 13.1.